The lowest BCUT2D eigenvalue weighted by Gasteiger charge is -2.18. The molecule has 1 aromatic carbocycles. The summed E-state index contributed by atoms with van der Waals surface area (Å²) in [5.41, 5.74) is 0.194. The lowest BCUT2D eigenvalue weighted by Crippen LogP contribution is -2.31. The molecule has 0 bridgehead atoms. The van der Waals surface area contributed by atoms with Gasteiger partial charge in [0.25, 0.3) is 0 Å². The van der Waals surface area contributed by atoms with Crippen LogP contribution in [0.3, 0.4) is 0 Å². The quantitative estimate of drug-likeness (QED) is 0.753. The van der Waals surface area contributed by atoms with Crippen molar-refractivity contribution in [1.29, 1.82) is 0 Å². The molecule has 1 N–H and O–H groups in total. The lowest BCUT2D eigenvalue weighted by atomic mass is 9.99. The monoisotopic (exact) mass is 309 g/mol. The molecule has 1 aromatic heterocycles. The number of aryl methyl sites for hydroxylation is 1. The number of halogens is 2. The van der Waals surface area contributed by atoms with Crippen LogP contribution in [0.25, 0.3) is 0 Å². The van der Waals surface area contributed by atoms with Crippen molar-refractivity contribution < 1.29 is 8.78 Å². The molecule has 0 radical (unpaired) electrons. The standard InChI is InChI=1S/C17H21F2NS/c1-2-20-13(6-3-7-14-8-5-11-21-14)12-15-16(18)9-4-10-17(15)19/h4-5,8-11,13,20H,2-3,6-7,12H2,1H3. The van der Waals surface area contributed by atoms with E-state index < -0.39 is 11.6 Å². The second-order valence-electron chi connectivity index (χ2n) is 5.13. The molecule has 0 fully saturated rings. The van der Waals surface area contributed by atoms with Crippen LogP contribution in [0.4, 0.5) is 8.78 Å². The Kier molecular flexibility index (Phi) is 6.33. The van der Waals surface area contributed by atoms with E-state index >= 15 is 0 Å². The summed E-state index contributed by atoms with van der Waals surface area (Å²) < 4.78 is 27.5. The van der Waals surface area contributed by atoms with Gasteiger partial charge < -0.3 is 5.32 Å². The molecule has 0 aliphatic rings. The van der Waals surface area contributed by atoms with Crippen LogP contribution in [0.15, 0.2) is 35.7 Å². The number of likely N-dealkylation sites (N-methyl/N-ethyl adjacent to an activating group) is 1. The Morgan fingerprint density at radius 1 is 1.14 bits per heavy atom. The molecule has 2 aromatic rings. The van der Waals surface area contributed by atoms with Crippen molar-refractivity contribution in [2.75, 3.05) is 6.54 Å². The highest BCUT2D eigenvalue weighted by molar-refractivity contribution is 7.09. The second-order valence-corrected chi connectivity index (χ2v) is 6.16. The van der Waals surface area contributed by atoms with Gasteiger partial charge >= 0.3 is 0 Å². The van der Waals surface area contributed by atoms with Gasteiger partial charge in [-0.25, -0.2) is 8.78 Å². The Labute approximate surface area is 129 Å². The lowest BCUT2D eigenvalue weighted by molar-refractivity contribution is 0.454. The first-order valence-corrected chi connectivity index (χ1v) is 8.27. The van der Waals surface area contributed by atoms with Crippen molar-refractivity contribution in [2.24, 2.45) is 0 Å². The smallest absolute Gasteiger partial charge is 0.129 e. The van der Waals surface area contributed by atoms with Gasteiger partial charge in [0.05, 0.1) is 0 Å². The highest BCUT2D eigenvalue weighted by Gasteiger charge is 2.15. The minimum absolute atomic E-state index is 0.112. The topological polar surface area (TPSA) is 12.0 Å². The zero-order valence-corrected chi connectivity index (χ0v) is 13.1. The van der Waals surface area contributed by atoms with Crippen LogP contribution in [-0.2, 0) is 12.8 Å². The van der Waals surface area contributed by atoms with Gasteiger partial charge in [0.2, 0.25) is 0 Å². The number of benzene rings is 1. The van der Waals surface area contributed by atoms with E-state index in [4.69, 9.17) is 0 Å². The van der Waals surface area contributed by atoms with Crippen molar-refractivity contribution in [1.82, 2.24) is 5.32 Å². The van der Waals surface area contributed by atoms with Crippen LogP contribution in [-0.4, -0.2) is 12.6 Å². The van der Waals surface area contributed by atoms with Gasteiger partial charge in [-0.15, -0.1) is 11.3 Å². The maximum atomic E-state index is 13.7. The van der Waals surface area contributed by atoms with E-state index in [0.717, 1.165) is 25.8 Å². The maximum Gasteiger partial charge on any atom is 0.129 e. The Bertz CT molecular complexity index is 519. The molecule has 0 saturated carbocycles. The fourth-order valence-corrected chi connectivity index (χ4v) is 3.27. The summed E-state index contributed by atoms with van der Waals surface area (Å²) in [5, 5.41) is 5.41. The van der Waals surface area contributed by atoms with E-state index in [-0.39, 0.29) is 11.6 Å². The largest absolute Gasteiger partial charge is 0.314 e. The van der Waals surface area contributed by atoms with Gasteiger partial charge in [-0.1, -0.05) is 19.1 Å². The Balaban J connectivity index is 1.92. The number of rotatable bonds is 8. The summed E-state index contributed by atoms with van der Waals surface area (Å²) in [5.74, 6) is -0.896. The highest BCUT2D eigenvalue weighted by atomic mass is 32.1. The van der Waals surface area contributed by atoms with Crippen LogP contribution in [0.5, 0.6) is 0 Å². The third-order valence-electron chi connectivity index (χ3n) is 3.56. The minimum atomic E-state index is -0.448. The average molecular weight is 309 g/mol. The van der Waals surface area contributed by atoms with Gasteiger partial charge in [-0.3, -0.25) is 0 Å². The number of hydrogen-bond donors (Lipinski definition) is 1. The van der Waals surface area contributed by atoms with E-state index in [0.29, 0.717) is 6.42 Å². The van der Waals surface area contributed by atoms with Crippen molar-refractivity contribution in [3.05, 3.63) is 57.8 Å². The summed E-state index contributed by atoms with van der Waals surface area (Å²) in [7, 11) is 0. The highest BCUT2D eigenvalue weighted by Crippen LogP contribution is 2.18. The van der Waals surface area contributed by atoms with Crippen LogP contribution in [0.1, 0.15) is 30.2 Å². The predicted molar refractivity (Wildman–Crippen MR) is 84.8 cm³/mol. The van der Waals surface area contributed by atoms with Gasteiger partial charge in [0.15, 0.2) is 0 Å². The molecule has 0 aliphatic carbocycles. The van der Waals surface area contributed by atoms with Gasteiger partial charge in [-0.05, 0) is 55.8 Å². The Morgan fingerprint density at radius 3 is 2.52 bits per heavy atom. The number of thiophene rings is 1. The average Bonchev–Trinajstić information content (AvgIpc) is 2.96. The molecule has 21 heavy (non-hydrogen) atoms. The summed E-state index contributed by atoms with van der Waals surface area (Å²) >= 11 is 1.76. The molecule has 4 heteroatoms. The van der Waals surface area contributed by atoms with E-state index in [9.17, 15) is 8.78 Å². The van der Waals surface area contributed by atoms with Crippen LogP contribution < -0.4 is 5.32 Å². The first kappa shape index (κ1) is 16.1. The van der Waals surface area contributed by atoms with Gasteiger partial charge in [-0.2, -0.15) is 0 Å². The summed E-state index contributed by atoms with van der Waals surface area (Å²) in [6.45, 7) is 2.82. The SMILES string of the molecule is CCNC(CCCc1cccs1)Cc1c(F)cccc1F. The van der Waals surface area contributed by atoms with Crippen LogP contribution >= 0.6 is 11.3 Å². The van der Waals surface area contributed by atoms with Crippen molar-refractivity contribution >= 4 is 11.3 Å². The third-order valence-corrected chi connectivity index (χ3v) is 4.50. The Morgan fingerprint density at radius 2 is 1.90 bits per heavy atom. The van der Waals surface area contributed by atoms with Crippen molar-refractivity contribution in [2.45, 2.75) is 38.6 Å². The molecule has 1 heterocycles. The molecule has 0 spiro atoms. The first-order chi connectivity index (χ1) is 10.2. The van der Waals surface area contributed by atoms with E-state index in [1.165, 1.54) is 23.1 Å². The van der Waals surface area contributed by atoms with E-state index in [2.05, 4.69) is 22.8 Å². The first-order valence-electron chi connectivity index (χ1n) is 7.39. The summed E-state index contributed by atoms with van der Waals surface area (Å²) in [6, 6.07) is 8.36. The van der Waals surface area contributed by atoms with E-state index in [1.807, 2.05) is 6.92 Å². The molecular weight excluding hydrogens is 288 g/mol. The van der Waals surface area contributed by atoms with Gasteiger partial charge in [0.1, 0.15) is 11.6 Å². The van der Waals surface area contributed by atoms with Crippen molar-refractivity contribution in [3.8, 4) is 0 Å². The van der Waals surface area contributed by atoms with E-state index in [1.54, 1.807) is 11.3 Å². The number of nitrogens with one attached hydrogen (secondary N) is 1. The summed E-state index contributed by atoms with van der Waals surface area (Å²) in [4.78, 5) is 1.36. The second kappa shape index (κ2) is 8.25. The molecule has 1 atom stereocenters. The molecule has 0 saturated heterocycles. The van der Waals surface area contributed by atoms with Gasteiger partial charge in [0, 0.05) is 16.5 Å². The third kappa shape index (κ3) is 4.90. The predicted octanol–water partition coefficient (Wildman–Crippen LogP) is 4.57. The number of hydrogen-bond acceptors (Lipinski definition) is 2. The minimum Gasteiger partial charge on any atom is -0.314 e. The molecule has 0 aliphatic heterocycles. The molecule has 1 nitrogen and oxygen atoms in total. The molecule has 114 valence electrons. The molecular formula is C17H21F2NS. The Hall–Kier alpha value is -1.26. The molecule has 0 amide bonds. The van der Waals surface area contributed by atoms with Crippen molar-refractivity contribution in [3.63, 3.8) is 0 Å². The zero-order valence-electron chi connectivity index (χ0n) is 12.2. The molecule has 1 unspecified atom stereocenters. The fourth-order valence-electron chi connectivity index (χ4n) is 2.52. The molecule has 2 rings (SSSR count). The maximum absolute atomic E-state index is 13.7. The van der Waals surface area contributed by atoms with Crippen LogP contribution in [0.2, 0.25) is 0 Å². The fraction of sp³-hybridized carbons (Fsp3) is 0.412. The van der Waals surface area contributed by atoms with Crippen LogP contribution in [0, 0.1) is 11.6 Å². The zero-order chi connectivity index (χ0) is 15.1. The normalized spacial score (nSPS) is 12.5. The summed E-state index contributed by atoms with van der Waals surface area (Å²) in [6.07, 6.45) is 3.36.